The molecule has 1 aliphatic rings. The minimum Gasteiger partial charge on any atom is -0.491 e. The molecule has 1 fully saturated rings. The molecule has 0 bridgehead atoms. The van der Waals surface area contributed by atoms with Gasteiger partial charge in [-0.3, -0.25) is 5.32 Å². The minimum absolute atomic E-state index is 0.00104. The van der Waals surface area contributed by atoms with E-state index in [4.69, 9.17) is 9.47 Å². The molecule has 1 saturated carbocycles. The maximum absolute atomic E-state index is 12.2. The monoisotopic (exact) mass is 320 g/mol. The molecular formula is C18H28N2O3. The van der Waals surface area contributed by atoms with Crippen LogP contribution >= 0.6 is 0 Å². The molecule has 1 aromatic rings. The number of para-hydroxylation sites is 2. The summed E-state index contributed by atoms with van der Waals surface area (Å²) in [7, 11) is 4.10. The van der Waals surface area contributed by atoms with E-state index in [0.717, 1.165) is 32.2 Å². The van der Waals surface area contributed by atoms with Crippen molar-refractivity contribution in [1.29, 1.82) is 0 Å². The van der Waals surface area contributed by atoms with E-state index in [2.05, 4.69) is 31.2 Å². The number of nitrogens with zero attached hydrogens (tertiary/aromatic N) is 1. The Bertz CT molecular complexity index is 505. The summed E-state index contributed by atoms with van der Waals surface area (Å²) < 4.78 is 11.3. The fourth-order valence-corrected chi connectivity index (χ4v) is 3.02. The summed E-state index contributed by atoms with van der Waals surface area (Å²) in [5.41, 5.74) is 0.660. The Hall–Kier alpha value is -1.75. The predicted molar refractivity (Wildman–Crippen MR) is 92.0 cm³/mol. The summed E-state index contributed by atoms with van der Waals surface area (Å²) in [6.45, 7) is 3.63. The minimum atomic E-state index is -0.395. The number of benzene rings is 1. The van der Waals surface area contributed by atoms with Crippen LogP contribution in [0.4, 0.5) is 10.5 Å². The van der Waals surface area contributed by atoms with Crippen LogP contribution in [0.25, 0.3) is 0 Å². The van der Waals surface area contributed by atoms with Gasteiger partial charge in [0.2, 0.25) is 0 Å². The quantitative estimate of drug-likeness (QED) is 0.831. The number of ether oxygens (including phenoxy) is 2. The lowest BCUT2D eigenvalue weighted by atomic mass is 10.1. The molecule has 0 spiro atoms. The van der Waals surface area contributed by atoms with Gasteiger partial charge in [0, 0.05) is 12.5 Å². The predicted octanol–water partition coefficient (Wildman–Crippen LogP) is 3.75. The molecule has 1 N–H and O–H groups in total. The zero-order valence-corrected chi connectivity index (χ0v) is 14.4. The lowest BCUT2D eigenvalue weighted by Gasteiger charge is -2.23. The molecule has 5 heteroatoms. The molecule has 0 saturated heterocycles. The van der Waals surface area contributed by atoms with E-state index >= 15 is 0 Å². The first kappa shape index (κ1) is 17.6. The molecule has 5 nitrogen and oxygen atoms in total. The summed E-state index contributed by atoms with van der Waals surface area (Å²) in [6.07, 6.45) is 3.71. The van der Waals surface area contributed by atoms with Gasteiger partial charge in [0.15, 0.2) is 0 Å². The van der Waals surface area contributed by atoms with Gasteiger partial charge in [0.25, 0.3) is 0 Å². The second kappa shape index (κ2) is 8.77. The third kappa shape index (κ3) is 5.43. The number of rotatable bonds is 7. The van der Waals surface area contributed by atoms with Gasteiger partial charge in [-0.1, -0.05) is 19.1 Å². The molecule has 2 rings (SSSR count). The van der Waals surface area contributed by atoms with Crippen LogP contribution in [0.5, 0.6) is 5.75 Å². The highest BCUT2D eigenvalue weighted by Crippen LogP contribution is 2.30. The Morgan fingerprint density at radius 3 is 2.83 bits per heavy atom. The van der Waals surface area contributed by atoms with Crippen molar-refractivity contribution >= 4 is 11.8 Å². The summed E-state index contributed by atoms with van der Waals surface area (Å²) >= 11 is 0. The molecule has 0 unspecified atom stereocenters. The van der Waals surface area contributed by atoms with Gasteiger partial charge in [-0.25, -0.2) is 4.79 Å². The van der Waals surface area contributed by atoms with Crippen LogP contribution in [0.2, 0.25) is 0 Å². The Morgan fingerprint density at radius 2 is 2.09 bits per heavy atom. The van der Waals surface area contributed by atoms with Crippen LogP contribution in [-0.4, -0.2) is 44.3 Å². The van der Waals surface area contributed by atoms with Crippen molar-refractivity contribution in [1.82, 2.24) is 4.90 Å². The highest BCUT2D eigenvalue weighted by molar-refractivity contribution is 5.86. The summed E-state index contributed by atoms with van der Waals surface area (Å²) in [5.74, 6) is 1.10. The summed E-state index contributed by atoms with van der Waals surface area (Å²) in [6, 6.07) is 7.46. The molecule has 0 heterocycles. The van der Waals surface area contributed by atoms with E-state index in [9.17, 15) is 4.79 Å². The maximum Gasteiger partial charge on any atom is 0.412 e. The van der Waals surface area contributed by atoms with E-state index in [0.29, 0.717) is 24.0 Å². The van der Waals surface area contributed by atoms with Crippen LogP contribution < -0.4 is 10.1 Å². The first-order valence-electron chi connectivity index (χ1n) is 8.44. The van der Waals surface area contributed by atoms with Gasteiger partial charge in [-0.2, -0.15) is 0 Å². The SMILES string of the molecule is CCCOc1ccccc1NC(=O)O[C@@H]1CCC[C@H]1CN(C)C. The van der Waals surface area contributed by atoms with Crippen LogP contribution in [0.15, 0.2) is 24.3 Å². The molecule has 2 atom stereocenters. The smallest absolute Gasteiger partial charge is 0.412 e. The summed E-state index contributed by atoms with van der Waals surface area (Å²) in [4.78, 5) is 14.4. The fraction of sp³-hybridized carbons (Fsp3) is 0.611. The van der Waals surface area contributed by atoms with Crippen molar-refractivity contribution in [2.24, 2.45) is 5.92 Å². The Balaban J connectivity index is 1.92. The molecule has 0 aromatic heterocycles. The Morgan fingerprint density at radius 1 is 1.30 bits per heavy atom. The van der Waals surface area contributed by atoms with Gasteiger partial charge >= 0.3 is 6.09 Å². The third-order valence-electron chi connectivity index (χ3n) is 4.03. The number of nitrogens with one attached hydrogen (secondary N) is 1. The van der Waals surface area contributed by atoms with Gasteiger partial charge in [0.1, 0.15) is 11.9 Å². The number of hydrogen-bond acceptors (Lipinski definition) is 4. The molecular weight excluding hydrogens is 292 g/mol. The molecule has 0 radical (unpaired) electrons. The Labute approximate surface area is 139 Å². The number of hydrogen-bond donors (Lipinski definition) is 1. The van der Waals surface area contributed by atoms with Crippen molar-refractivity contribution in [3.8, 4) is 5.75 Å². The standard InChI is InChI=1S/C18H28N2O3/c1-4-12-22-17-10-6-5-9-15(17)19-18(21)23-16-11-7-8-14(16)13-20(2)3/h5-6,9-10,14,16H,4,7-8,11-13H2,1-3H3,(H,19,21)/t14-,16+/m0/s1. The lowest BCUT2D eigenvalue weighted by Crippen LogP contribution is -2.31. The van der Waals surface area contributed by atoms with Crippen molar-refractivity contribution in [3.63, 3.8) is 0 Å². The molecule has 1 aromatic carbocycles. The van der Waals surface area contributed by atoms with E-state index in [1.54, 1.807) is 0 Å². The van der Waals surface area contributed by atoms with Crippen molar-refractivity contribution in [3.05, 3.63) is 24.3 Å². The maximum atomic E-state index is 12.2. The van der Waals surface area contributed by atoms with Gasteiger partial charge in [-0.05, 0) is 51.9 Å². The average Bonchev–Trinajstić information content (AvgIpc) is 2.92. The fourth-order valence-electron chi connectivity index (χ4n) is 3.02. The molecule has 1 amide bonds. The molecule has 0 aliphatic heterocycles. The van der Waals surface area contributed by atoms with Crippen molar-refractivity contribution in [2.45, 2.75) is 38.7 Å². The van der Waals surface area contributed by atoms with Gasteiger partial charge < -0.3 is 14.4 Å². The third-order valence-corrected chi connectivity index (χ3v) is 4.03. The second-order valence-electron chi connectivity index (χ2n) is 6.37. The van der Waals surface area contributed by atoms with E-state index < -0.39 is 6.09 Å². The summed E-state index contributed by atoms with van der Waals surface area (Å²) in [5, 5.41) is 2.82. The van der Waals surface area contributed by atoms with Gasteiger partial charge in [-0.15, -0.1) is 0 Å². The highest BCUT2D eigenvalue weighted by Gasteiger charge is 2.30. The Kier molecular flexibility index (Phi) is 6.71. The van der Waals surface area contributed by atoms with E-state index in [-0.39, 0.29) is 6.10 Å². The normalized spacial score (nSPS) is 20.5. The largest absolute Gasteiger partial charge is 0.491 e. The molecule has 128 valence electrons. The second-order valence-corrected chi connectivity index (χ2v) is 6.37. The number of carbonyl (C=O) groups excluding carboxylic acids is 1. The zero-order valence-electron chi connectivity index (χ0n) is 14.4. The lowest BCUT2D eigenvalue weighted by molar-refractivity contribution is 0.0780. The average molecular weight is 320 g/mol. The number of anilines is 1. The first-order valence-corrected chi connectivity index (χ1v) is 8.44. The molecule has 23 heavy (non-hydrogen) atoms. The van der Waals surface area contributed by atoms with E-state index in [1.165, 1.54) is 0 Å². The highest BCUT2D eigenvalue weighted by atomic mass is 16.6. The van der Waals surface area contributed by atoms with Crippen LogP contribution in [-0.2, 0) is 4.74 Å². The first-order chi connectivity index (χ1) is 11.1. The number of carbonyl (C=O) groups is 1. The van der Waals surface area contributed by atoms with Crippen LogP contribution in [0.1, 0.15) is 32.6 Å². The van der Waals surface area contributed by atoms with Gasteiger partial charge in [0.05, 0.1) is 12.3 Å². The zero-order chi connectivity index (χ0) is 16.7. The van der Waals surface area contributed by atoms with Crippen LogP contribution in [0, 0.1) is 5.92 Å². The van der Waals surface area contributed by atoms with Crippen molar-refractivity contribution in [2.75, 3.05) is 32.6 Å². The molecule has 1 aliphatic carbocycles. The topological polar surface area (TPSA) is 50.8 Å². The number of amides is 1. The van der Waals surface area contributed by atoms with Crippen LogP contribution in [0.3, 0.4) is 0 Å². The van der Waals surface area contributed by atoms with E-state index in [1.807, 2.05) is 24.3 Å². The van der Waals surface area contributed by atoms with Crippen molar-refractivity contribution < 1.29 is 14.3 Å².